The van der Waals surface area contributed by atoms with Crippen molar-refractivity contribution in [2.24, 2.45) is 0 Å². The van der Waals surface area contributed by atoms with Crippen LogP contribution in [0.25, 0.3) is 0 Å². The Balaban J connectivity index is 0.000000346. The van der Waals surface area contributed by atoms with Crippen LogP contribution in [0.5, 0.6) is 5.75 Å². The Labute approximate surface area is 203 Å². The van der Waals surface area contributed by atoms with E-state index in [1.807, 2.05) is 0 Å². The highest BCUT2D eigenvalue weighted by Crippen LogP contribution is 2.34. The van der Waals surface area contributed by atoms with Gasteiger partial charge in [-0.2, -0.15) is 13.2 Å². The number of esters is 1. The molecule has 3 N–H and O–H groups in total. The Morgan fingerprint density at radius 3 is 2.11 bits per heavy atom. The minimum absolute atomic E-state index is 0.0364. The molecule has 0 aliphatic heterocycles. The van der Waals surface area contributed by atoms with E-state index >= 15 is 0 Å². The quantitative estimate of drug-likeness (QED) is 0.461. The molecular weight excluding hydrogens is 483 g/mol. The predicted octanol–water partition coefficient (Wildman–Crippen LogP) is 3.61. The van der Waals surface area contributed by atoms with Crippen LogP contribution in [0.3, 0.4) is 0 Å². The number of nitrogens with two attached hydrogens (primary N) is 1. The molecule has 0 amide bonds. The highest BCUT2D eigenvalue weighted by Gasteiger charge is 2.34. The highest BCUT2D eigenvalue weighted by molar-refractivity contribution is 5.89. The molecule has 3 aromatic rings. The maximum Gasteiger partial charge on any atom is 0.416 e. The summed E-state index contributed by atoms with van der Waals surface area (Å²) in [6.45, 7) is 0. The third-order valence-electron chi connectivity index (χ3n) is 4.67. The Kier molecular flexibility index (Phi) is 9.48. The molecule has 0 radical (unpaired) electrons. The van der Waals surface area contributed by atoms with Gasteiger partial charge in [0.2, 0.25) is 0 Å². The molecule has 12 heteroatoms. The first-order chi connectivity index (χ1) is 16.9. The molecule has 1 aromatic carbocycles. The predicted molar refractivity (Wildman–Crippen MR) is 122 cm³/mol. The number of ether oxygens (including phenoxy) is 2. The summed E-state index contributed by atoms with van der Waals surface area (Å²) in [5.41, 5.74) is 4.89. The first kappa shape index (κ1) is 27.8. The summed E-state index contributed by atoms with van der Waals surface area (Å²) in [5.74, 6) is -1.59. The van der Waals surface area contributed by atoms with Gasteiger partial charge in [-0.3, -0.25) is 9.78 Å². The van der Waals surface area contributed by atoms with Crippen molar-refractivity contribution in [2.45, 2.75) is 19.0 Å². The molecule has 0 spiro atoms. The fraction of sp³-hybridized carbons (Fsp3) is 0.208. The lowest BCUT2D eigenvalue weighted by Crippen LogP contribution is -2.14. The maximum absolute atomic E-state index is 13.1. The average molecular weight is 505 g/mol. The number of rotatable bonds is 7. The van der Waals surface area contributed by atoms with Crippen molar-refractivity contribution >= 4 is 23.5 Å². The Bertz CT molecular complexity index is 1210. The SMILES string of the molecule is COC(=O)c1ccc(N)nc1.COc1ccc(CC(=O)Cc2ccc(C(=O)O)cn2)c(C(F)(F)F)c1. The maximum atomic E-state index is 13.1. The van der Waals surface area contributed by atoms with Crippen LogP contribution in [0.1, 0.15) is 37.5 Å². The van der Waals surface area contributed by atoms with Crippen molar-refractivity contribution in [2.75, 3.05) is 20.0 Å². The number of alkyl halides is 3. The molecule has 2 aromatic heterocycles. The molecule has 36 heavy (non-hydrogen) atoms. The van der Waals surface area contributed by atoms with Crippen LogP contribution in [-0.2, 0) is 28.5 Å². The monoisotopic (exact) mass is 505 g/mol. The molecule has 0 aliphatic rings. The summed E-state index contributed by atoms with van der Waals surface area (Å²) >= 11 is 0. The van der Waals surface area contributed by atoms with Gasteiger partial charge in [0.1, 0.15) is 17.4 Å². The number of benzene rings is 1. The van der Waals surface area contributed by atoms with Crippen molar-refractivity contribution < 1.29 is 42.1 Å². The number of nitrogen functional groups attached to an aromatic ring is 1. The van der Waals surface area contributed by atoms with Gasteiger partial charge < -0.3 is 20.3 Å². The number of aromatic nitrogens is 2. The van der Waals surface area contributed by atoms with E-state index in [1.165, 1.54) is 44.7 Å². The number of hydrogen-bond acceptors (Lipinski definition) is 8. The van der Waals surface area contributed by atoms with Gasteiger partial charge >= 0.3 is 18.1 Å². The molecule has 2 heterocycles. The Morgan fingerprint density at radius 2 is 1.61 bits per heavy atom. The zero-order valence-electron chi connectivity index (χ0n) is 19.2. The van der Waals surface area contributed by atoms with Crippen molar-refractivity contribution in [1.82, 2.24) is 9.97 Å². The second kappa shape index (κ2) is 12.3. The minimum atomic E-state index is -4.61. The van der Waals surface area contributed by atoms with E-state index in [4.69, 9.17) is 15.6 Å². The largest absolute Gasteiger partial charge is 0.497 e. The van der Waals surface area contributed by atoms with Crippen LogP contribution in [0, 0.1) is 0 Å². The molecule has 0 atom stereocenters. The number of carbonyl (C=O) groups is 3. The summed E-state index contributed by atoms with van der Waals surface area (Å²) in [4.78, 5) is 41.2. The van der Waals surface area contributed by atoms with Gasteiger partial charge in [0.05, 0.1) is 30.9 Å². The minimum Gasteiger partial charge on any atom is -0.497 e. The fourth-order valence-electron chi connectivity index (χ4n) is 2.88. The van der Waals surface area contributed by atoms with Crippen LogP contribution in [0.15, 0.2) is 54.9 Å². The number of carboxylic acids is 1. The number of ketones is 1. The van der Waals surface area contributed by atoms with E-state index < -0.39 is 35.9 Å². The molecule has 3 rings (SSSR count). The molecule has 0 saturated heterocycles. The summed E-state index contributed by atoms with van der Waals surface area (Å²) in [6, 6.07) is 9.17. The van der Waals surface area contributed by atoms with Crippen molar-refractivity contribution in [3.63, 3.8) is 0 Å². The van der Waals surface area contributed by atoms with Crippen molar-refractivity contribution in [3.8, 4) is 5.75 Å². The van der Waals surface area contributed by atoms with Crippen LogP contribution < -0.4 is 10.5 Å². The molecule has 190 valence electrons. The fourth-order valence-corrected chi connectivity index (χ4v) is 2.88. The van der Waals surface area contributed by atoms with Gasteiger partial charge in [0, 0.05) is 30.9 Å². The van der Waals surface area contributed by atoms with Gasteiger partial charge in [0.15, 0.2) is 0 Å². The third-order valence-corrected chi connectivity index (χ3v) is 4.67. The molecule has 9 nitrogen and oxygen atoms in total. The zero-order valence-corrected chi connectivity index (χ0v) is 19.2. The number of nitrogens with zero attached hydrogens (tertiary/aromatic N) is 2. The lowest BCUT2D eigenvalue weighted by atomic mass is 9.99. The summed E-state index contributed by atoms with van der Waals surface area (Å²) in [6.07, 6.45) is -2.74. The number of methoxy groups -OCH3 is 2. The molecular formula is C24H22F3N3O6. The molecule has 0 bridgehead atoms. The first-order valence-electron chi connectivity index (χ1n) is 10.2. The number of carbonyl (C=O) groups excluding carboxylic acids is 2. The number of anilines is 1. The topological polar surface area (TPSA) is 142 Å². The summed E-state index contributed by atoms with van der Waals surface area (Å²) in [7, 11) is 2.57. The standard InChI is InChI=1S/C17H14F3NO4.C7H8N2O2/c1-25-14-5-3-10(15(8-14)17(18,19)20)6-13(22)7-12-4-2-11(9-21-12)16(23)24;1-11-7(10)5-2-3-6(8)9-4-5/h2-5,8-9H,6-7H2,1H3,(H,23,24);2-4H,1H3,(H2,8,9). The van der Waals surface area contributed by atoms with E-state index in [2.05, 4.69) is 14.7 Å². The van der Waals surface area contributed by atoms with E-state index in [-0.39, 0.29) is 29.0 Å². The number of aromatic carboxylic acids is 1. The van der Waals surface area contributed by atoms with E-state index in [0.717, 1.165) is 12.3 Å². The van der Waals surface area contributed by atoms with Crippen LogP contribution >= 0.6 is 0 Å². The Hall–Kier alpha value is -4.48. The van der Waals surface area contributed by atoms with E-state index in [9.17, 15) is 27.6 Å². The zero-order chi connectivity index (χ0) is 26.9. The molecule has 0 unspecified atom stereocenters. The van der Waals surface area contributed by atoms with Crippen LogP contribution in [0.4, 0.5) is 19.0 Å². The first-order valence-corrected chi connectivity index (χ1v) is 10.2. The number of hydrogen-bond donors (Lipinski definition) is 2. The van der Waals surface area contributed by atoms with Crippen LogP contribution in [0.2, 0.25) is 0 Å². The Morgan fingerprint density at radius 1 is 0.944 bits per heavy atom. The van der Waals surface area contributed by atoms with E-state index in [0.29, 0.717) is 11.4 Å². The molecule has 0 fully saturated rings. The smallest absolute Gasteiger partial charge is 0.416 e. The van der Waals surface area contributed by atoms with Crippen molar-refractivity contribution in [1.29, 1.82) is 0 Å². The normalized spacial score (nSPS) is 10.6. The van der Waals surface area contributed by atoms with Crippen LogP contribution in [-0.4, -0.2) is 47.0 Å². The molecule has 0 aliphatic carbocycles. The molecule has 0 saturated carbocycles. The second-order valence-corrected chi connectivity index (χ2v) is 7.22. The third kappa shape index (κ3) is 8.08. The average Bonchev–Trinajstić information content (AvgIpc) is 2.84. The summed E-state index contributed by atoms with van der Waals surface area (Å²) in [5, 5.41) is 8.78. The van der Waals surface area contributed by atoms with Gasteiger partial charge in [-0.25, -0.2) is 14.6 Å². The van der Waals surface area contributed by atoms with Gasteiger partial charge in [0.25, 0.3) is 0 Å². The lowest BCUT2D eigenvalue weighted by Gasteiger charge is -2.14. The van der Waals surface area contributed by atoms with Gasteiger partial charge in [-0.05, 0) is 42.0 Å². The van der Waals surface area contributed by atoms with Gasteiger partial charge in [-0.1, -0.05) is 6.07 Å². The van der Waals surface area contributed by atoms with Gasteiger partial charge in [-0.15, -0.1) is 0 Å². The second-order valence-electron chi connectivity index (χ2n) is 7.22. The highest BCUT2D eigenvalue weighted by atomic mass is 19.4. The lowest BCUT2D eigenvalue weighted by molar-refractivity contribution is -0.138. The summed E-state index contributed by atoms with van der Waals surface area (Å²) < 4.78 is 48.6. The number of pyridine rings is 2. The number of Topliss-reactive ketones (excluding diaryl/α,β-unsaturated/α-hetero) is 1. The van der Waals surface area contributed by atoms with E-state index in [1.54, 1.807) is 12.1 Å². The van der Waals surface area contributed by atoms with Crippen molar-refractivity contribution in [3.05, 3.63) is 82.8 Å². The number of halogens is 3. The number of carboxylic acid groups (broad SMARTS) is 1.